The van der Waals surface area contributed by atoms with E-state index in [1.165, 1.54) is 7.11 Å². The minimum atomic E-state index is -3.72. The fourth-order valence-electron chi connectivity index (χ4n) is 2.42. The third-order valence-corrected chi connectivity index (χ3v) is 5.63. The van der Waals surface area contributed by atoms with Gasteiger partial charge in [0.1, 0.15) is 0 Å². The molecule has 1 atom stereocenters. The van der Waals surface area contributed by atoms with Crippen molar-refractivity contribution in [2.45, 2.75) is 19.7 Å². The van der Waals surface area contributed by atoms with Crippen LogP contribution in [0.15, 0.2) is 42.6 Å². The van der Waals surface area contributed by atoms with E-state index in [1.807, 2.05) is 0 Å². The van der Waals surface area contributed by atoms with Gasteiger partial charge in [-0.1, -0.05) is 0 Å². The van der Waals surface area contributed by atoms with Crippen LogP contribution in [0.25, 0.3) is 5.69 Å². The molecule has 7 nitrogen and oxygen atoms in total. The minimum Gasteiger partial charge on any atom is -0.465 e. The lowest BCUT2D eigenvalue weighted by atomic mass is 10.2. The van der Waals surface area contributed by atoms with Crippen LogP contribution < -0.4 is 0 Å². The van der Waals surface area contributed by atoms with Gasteiger partial charge in [0.2, 0.25) is 0 Å². The van der Waals surface area contributed by atoms with E-state index in [1.54, 1.807) is 61.0 Å². The summed E-state index contributed by atoms with van der Waals surface area (Å²) < 4.78 is 29.6. The number of ether oxygens (including phenoxy) is 1. The van der Waals surface area contributed by atoms with Crippen molar-refractivity contribution in [1.82, 2.24) is 4.57 Å². The van der Waals surface area contributed by atoms with Gasteiger partial charge in [-0.05, 0) is 50.2 Å². The van der Waals surface area contributed by atoms with E-state index in [4.69, 9.17) is 9.05 Å². The van der Waals surface area contributed by atoms with E-state index in [0.29, 0.717) is 16.9 Å². The second-order valence-electron chi connectivity index (χ2n) is 5.09. The molecule has 0 saturated carbocycles. The Morgan fingerprint density at radius 2 is 1.76 bits per heavy atom. The molecule has 136 valence electrons. The molecule has 0 saturated heterocycles. The first kappa shape index (κ1) is 19.4. The maximum absolute atomic E-state index is 12.8. The van der Waals surface area contributed by atoms with Crippen molar-refractivity contribution in [3.8, 4) is 5.69 Å². The third-order valence-electron chi connectivity index (χ3n) is 3.53. The Hall–Kier alpha value is -1.92. The predicted octanol–water partition coefficient (Wildman–Crippen LogP) is 3.52. The van der Waals surface area contributed by atoms with Gasteiger partial charge >= 0.3 is 13.6 Å². The molecule has 0 fully saturated rings. The topological polar surface area (TPSA) is 87.0 Å². The second kappa shape index (κ2) is 8.45. The fraction of sp³-hybridized carbons (Fsp3) is 0.353. The van der Waals surface area contributed by atoms with Gasteiger partial charge in [0.15, 0.2) is 5.85 Å². The van der Waals surface area contributed by atoms with Crippen LogP contribution in [0.4, 0.5) is 0 Å². The number of carbonyl (C=O) groups is 1. The van der Waals surface area contributed by atoms with Gasteiger partial charge < -0.3 is 23.5 Å². The molecule has 0 radical (unpaired) electrons. The summed E-state index contributed by atoms with van der Waals surface area (Å²) in [4.78, 5) is 11.5. The number of esters is 1. The Balaban J connectivity index is 2.36. The highest BCUT2D eigenvalue weighted by Gasteiger charge is 2.37. The minimum absolute atomic E-state index is 0.156. The van der Waals surface area contributed by atoms with Crippen molar-refractivity contribution >= 4 is 13.6 Å². The molecule has 0 amide bonds. The average Bonchev–Trinajstić information content (AvgIpc) is 3.10. The van der Waals surface area contributed by atoms with Crippen molar-refractivity contribution in [2.75, 3.05) is 20.3 Å². The monoisotopic (exact) mass is 367 g/mol. The molecule has 1 heterocycles. The lowest BCUT2D eigenvalue weighted by Crippen LogP contribution is -2.10. The van der Waals surface area contributed by atoms with E-state index in [-0.39, 0.29) is 13.2 Å². The number of benzene rings is 1. The van der Waals surface area contributed by atoms with Crippen LogP contribution in [-0.2, 0) is 18.3 Å². The summed E-state index contributed by atoms with van der Waals surface area (Å²) in [5.41, 5.74) is 1.47. The maximum Gasteiger partial charge on any atom is 0.364 e. The Morgan fingerprint density at radius 1 is 1.16 bits per heavy atom. The standard InChI is InChI=1S/C17H22NO6P/c1-4-23-25(21,24-5-2)17(20)15-7-6-12-18(15)14-10-8-13(9-11-14)16(19)22-3/h6-12,17,20H,4-5H2,1-3H3. The quantitative estimate of drug-likeness (QED) is 0.567. The van der Waals surface area contributed by atoms with Crippen molar-refractivity contribution in [3.63, 3.8) is 0 Å². The smallest absolute Gasteiger partial charge is 0.364 e. The Labute approximate surface area is 146 Å². The van der Waals surface area contributed by atoms with Gasteiger partial charge in [0.25, 0.3) is 0 Å². The second-order valence-corrected chi connectivity index (χ2v) is 7.18. The molecule has 0 aliphatic carbocycles. The molecule has 0 bridgehead atoms. The van der Waals surface area contributed by atoms with Crippen molar-refractivity contribution in [1.29, 1.82) is 0 Å². The van der Waals surface area contributed by atoms with Crippen molar-refractivity contribution < 1.29 is 28.3 Å². The number of methoxy groups -OCH3 is 1. The summed E-state index contributed by atoms with van der Waals surface area (Å²) in [6, 6.07) is 9.99. The fourth-order valence-corrected chi connectivity index (χ4v) is 4.03. The summed E-state index contributed by atoms with van der Waals surface area (Å²) in [5, 5.41) is 10.6. The molecule has 0 aliphatic heterocycles. The van der Waals surface area contributed by atoms with E-state index in [9.17, 15) is 14.5 Å². The summed E-state index contributed by atoms with van der Waals surface area (Å²) in [6.07, 6.45) is 1.72. The van der Waals surface area contributed by atoms with Gasteiger partial charge in [-0.3, -0.25) is 4.57 Å². The predicted molar refractivity (Wildman–Crippen MR) is 92.9 cm³/mol. The number of hydrogen-bond donors (Lipinski definition) is 1. The van der Waals surface area contributed by atoms with E-state index < -0.39 is 19.4 Å². The Kier molecular flexibility index (Phi) is 6.56. The Bertz CT molecular complexity index is 745. The Morgan fingerprint density at radius 3 is 2.28 bits per heavy atom. The van der Waals surface area contributed by atoms with Crippen LogP contribution in [0.1, 0.15) is 35.7 Å². The molecular formula is C17H22NO6P. The highest BCUT2D eigenvalue weighted by atomic mass is 31.2. The normalized spacial score (nSPS) is 12.8. The molecule has 1 unspecified atom stereocenters. The van der Waals surface area contributed by atoms with Crippen LogP contribution in [0.3, 0.4) is 0 Å². The van der Waals surface area contributed by atoms with Crippen LogP contribution in [0, 0.1) is 0 Å². The molecule has 1 N–H and O–H groups in total. The van der Waals surface area contributed by atoms with Crippen molar-refractivity contribution in [2.24, 2.45) is 0 Å². The lowest BCUT2D eigenvalue weighted by Gasteiger charge is -2.23. The summed E-state index contributed by atoms with van der Waals surface area (Å²) in [7, 11) is -2.40. The first-order chi connectivity index (χ1) is 12.0. The van der Waals surface area contributed by atoms with Crippen LogP contribution in [0.2, 0.25) is 0 Å². The highest BCUT2D eigenvalue weighted by Crippen LogP contribution is 2.59. The molecule has 0 spiro atoms. The van der Waals surface area contributed by atoms with E-state index in [2.05, 4.69) is 4.74 Å². The van der Waals surface area contributed by atoms with Crippen LogP contribution >= 0.6 is 7.60 Å². The maximum atomic E-state index is 12.8. The van der Waals surface area contributed by atoms with E-state index in [0.717, 1.165) is 0 Å². The molecule has 0 aliphatic rings. The van der Waals surface area contributed by atoms with Gasteiger partial charge in [0, 0.05) is 11.9 Å². The largest absolute Gasteiger partial charge is 0.465 e. The SMILES string of the molecule is CCOP(=O)(OCC)C(O)c1cccn1-c1ccc(C(=O)OC)cc1. The molecular weight excluding hydrogens is 345 g/mol. The number of carbonyl (C=O) groups excluding carboxylic acids is 1. The number of nitrogens with zero attached hydrogens (tertiary/aromatic N) is 1. The summed E-state index contributed by atoms with van der Waals surface area (Å²) in [6.45, 7) is 3.68. The zero-order chi connectivity index (χ0) is 18.4. The van der Waals surface area contributed by atoms with Crippen LogP contribution in [-0.4, -0.2) is 36.0 Å². The molecule has 1 aromatic heterocycles. The molecule has 2 aromatic rings. The molecule has 25 heavy (non-hydrogen) atoms. The van der Waals surface area contributed by atoms with E-state index >= 15 is 0 Å². The van der Waals surface area contributed by atoms with Gasteiger partial charge in [-0.2, -0.15) is 0 Å². The van der Waals surface area contributed by atoms with Gasteiger partial charge in [-0.25, -0.2) is 4.79 Å². The number of aliphatic hydroxyl groups excluding tert-OH is 1. The van der Waals surface area contributed by atoms with Gasteiger partial charge in [0.05, 0.1) is 31.6 Å². The summed E-state index contributed by atoms with van der Waals surface area (Å²) >= 11 is 0. The first-order valence-corrected chi connectivity index (χ1v) is 9.50. The average molecular weight is 367 g/mol. The molecule has 8 heteroatoms. The summed E-state index contributed by atoms with van der Waals surface area (Å²) in [5.74, 6) is -1.86. The molecule has 2 rings (SSSR count). The number of hydrogen-bond acceptors (Lipinski definition) is 6. The zero-order valence-electron chi connectivity index (χ0n) is 14.4. The zero-order valence-corrected chi connectivity index (χ0v) is 15.3. The number of aromatic nitrogens is 1. The first-order valence-electron chi connectivity index (χ1n) is 7.89. The van der Waals surface area contributed by atoms with Gasteiger partial charge in [-0.15, -0.1) is 0 Å². The van der Waals surface area contributed by atoms with Crippen LogP contribution in [0.5, 0.6) is 0 Å². The highest BCUT2D eigenvalue weighted by molar-refractivity contribution is 7.54. The number of aliphatic hydroxyl groups is 1. The number of rotatable bonds is 8. The molecule has 1 aromatic carbocycles. The third kappa shape index (κ3) is 4.19. The lowest BCUT2D eigenvalue weighted by molar-refractivity contribution is 0.0600. The van der Waals surface area contributed by atoms with Crippen molar-refractivity contribution in [3.05, 3.63) is 53.9 Å².